The molecule has 0 bridgehead atoms. The summed E-state index contributed by atoms with van der Waals surface area (Å²) in [6.45, 7) is 3.76. The molecule has 16 heavy (non-hydrogen) atoms. The number of aliphatic hydroxyl groups is 1. The number of carbonyl (C=O) groups excluding carboxylic acids is 1. The van der Waals surface area contributed by atoms with Gasteiger partial charge >= 0.3 is 0 Å². The fourth-order valence-electron chi connectivity index (χ4n) is 1.38. The van der Waals surface area contributed by atoms with Gasteiger partial charge in [-0.25, -0.2) is 0 Å². The van der Waals surface area contributed by atoms with Gasteiger partial charge in [-0.1, -0.05) is 25.1 Å². The Labute approximate surface area is 95.8 Å². The quantitative estimate of drug-likeness (QED) is 0.764. The van der Waals surface area contributed by atoms with Gasteiger partial charge in [-0.15, -0.1) is 0 Å². The smallest absolute Gasteiger partial charge is 0.250 e. The second-order valence-electron chi connectivity index (χ2n) is 3.61. The average Bonchev–Trinajstić information content (AvgIpc) is 2.29. The van der Waals surface area contributed by atoms with Gasteiger partial charge in [-0.05, 0) is 31.0 Å². The van der Waals surface area contributed by atoms with Gasteiger partial charge in [0.15, 0.2) is 0 Å². The minimum atomic E-state index is -0.100. The van der Waals surface area contributed by atoms with Crippen LogP contribution in [0.15, 0.2) is 35.9 Å². The van der Waals surface area contributed by atoms with Crippen LogP contribution >= 0.6 is 0 Å². The molecule has 0 saturated carbocycles. The lowest BCUT2D eigenvalue weighted by Gasteiger charge is -2.06. The maximum Gasteiger partial charge on any atom is 0.250 e. The molecule has 0 heterocycles. The van der Waals surface area contributed by atoms with E-state index >= 15 is 0 Å². The molecule has 1 aromatic carbocycles. The first-order valence-electron chi connectivity index (χ1n) is 5.35. The maximum atomic E-state index is 11.7. The average molecular weight is 219 g/mol. The molecule has 0 saturated heterocycles. The Morgan fingerprint density at radius 1 is 1.50 bits per heavy atom. The SMILES string of the molecule is CC/C=C(/C)C(=O)Nc1cccc(CO)c1. The van der Waals surface area contributed by atoms with Crippen molar-refractivity contribution in [3.05, 3.63) is 41.5 Å². The van der Waals surface area contributed by atoms with E-state index in [2.05, 4.69) is 5.32 Å². The van der Waals surface area contributed by atoms with Gasteiger partial charge in [0, 0.05) is 11.3 Å². The fourth-order valence-corrected chi connectivity index (χ4v) is 1.38. The Morgan fingerprint density at radius 3 is 2.88 bits per heavy atom. The Kier molecular flexibility index (Phi) is 4.73. The van der Waals surface area contributed by atoms with Gasteiger partial charge in [0.05, 0.1) is 6.61 Å². The number of allylic oxidation sites excluding steroid dienone is 1. The lowest BCUT2D eigenvalue weighted by atomic mass is 10.2. The highest BCUT2D eigenvalue weighted by Crippen LogP contribution is 2.11. The molecule has 0 aliphatic carbocycles. The van der Waals surface area contributed by atoms with Crippen molar-refractivity contribution >= 4 is 11.6 Å². The fraction of sp³-hybridized carbons (Fsp3) is 0.308. The lowest BCUT2D eigenvalue weighted by molar-refractivity contribution is -0.112. The minimum absolute atomic E-state index is 0.0203. The van der Waals surface area contributed by atoms with Crippen LogP contribution in [0.3, 0.4) is 0 Å². The number of hydrogen-bond donors (Lipinski definition) is 2. The van der Waals surface area contributed by atoms with Crippen molar-refractivity contribution in [1.82, 2.24) is 0 Å². The normalized spacial score (nSPS) is 11.3. The maximum absolute atomic E-state index is 11.7. The zero-order chi connectivity index (χ0) is 12.0. The zero-order valence-corrected chi connectivity index (χ0v) is 9.66. The highest BCUT2D eigenvalue weighted by atomic mass is 16.3. The van der Waals surface area contributed by atoms with E-state index in [1.165, 1.54) is 0 Å². The van der Waals surface area contributed by atoms with Crippen molar-refractivity contribution in [2.45, 2.75) is 26.9 Å². The number of aliphatic hydroxyl groups excluding tert-OH is 1. The molecule has 3 nitrogen and oxygen atoms in total. The van der Waals surface area contributed by atoms with E-state index in [9.17, 15) is 4.79 Å². The van der Waals surface area contributed by atoms with E-state index < -0.39 is 0 Å². The molecule has 1 rings (SSSR count). The van der Waals surface area contributed by atoms with Crippen molar-refractivity contribution in [2.24, 2.45) is 0 Å². The van der Waals surface area contributed by atoms with Crippen molar-refractivity contribution in [3.8, 4) is 0 Å². The first kappa shape index (κ1) is 12.5. The zero-order valence-electron chi connectivity index (χ0n) is 9.66. The van der Waals surface area contributed by atoms with Crippen LogP contribution in [0.5, 0.6) is 0 Å². The molecule has 0 aromatic heterocycles. The largest absolute Gasteiger partial charge is 0.392 e. The number of amides is 1. The number of benzene rings is 1. The number of anilines is 1. The summed E-state index contributed by atoms with van der Waals surface area (Å²) in [6.07, 6.45) is 2.72. The van der Waals surface area contributed by atoms with E-state index in [1.54, 1.807) is 25.1 Å². The molecule has 1 aromatic rings. The van der Waals surface area contributed by atoms with E-state index in [4.69, 9.17) is 5.11 Å². The molecule has 3 heteroatoms. The predicted molar refractivity (Wildman–Crippen MR) is 65.0 cm³/mol. The van der Waals surface area contributed by atoms with E-state index in [0.29, 0.717) is 11.3 Å². The third kappa shape index (κ3) is 3.51. The van der Waals surface area contributed by atoms with E-state index in [-0.39, 0.29) is 12.5 Å². The summed E-state index contributed by atoms with van der Waals surface area (Å²) in [5.41, 5.74) is 2.20. The molecule has 0 atom stereocenters. The first-order chi connectivity index (χ1) is 7.67. The Morgan fingerprint density at radius 2 is 2.25 bits per heavy atom. The van der Waals surface area contributed by atoms with Gasteiger partial charge in [0.2, 0.25) is 0 Å². The van der Waals surface area contributed by atoms with Crippen LogP contribution in [0.25, 0.3) is 0 Å². The molecular formula is C13H17NO2. The van der Waals surface area contributed by atoms with Crippen molar-refractivity contribution in [1.29, 1.82) is 0 Å². The second kappa shape index (κ2) is 6.08. The highest BCUT2D eigenvalue weighted by molar-refractivity contribution is 6.03. The molecule has 86 valence electrons. The lowest BCUT2D eigenvalue weighted by Crippen LogP contribution is -2.12. The summed E-state index contributed by atoms with van der Waals surface area (Å²) in [5, 5.41) is 11.7. The predicted octanol–water partition coefficient (Wildman–Crippen LogP) is 2.47. The Bertz CT molecular complexity index is 397. The number of carbonyl (C=O) groups is 1. The van der Waals surface area contributed by atoms with Crippen molar-refractivity contribution in [2.75, 3.05) is 5.32 Å². The highest BCUT2D eigenvalue weighted by Gasteiger charge is 2.04. The molecule has 1 amide bonds. The molecular weight excluding hydrogens is 202 g/mol. The number of hydrogen-bond acceptors (Lipinski definition) is 2. The molecule has 0 aliphatic heterocycles. The standard InChI is InChI=1S/C13H17NO2/c1-3-5-10(2)13(16)14-12-7-4-6-11(8-12)9-15/h4-8,15H,3,9H2,1-2H3,(H,14,16)/b10-5-. The number of nitrogens with one attached hydrogen (secondary N) is 1. The minimum Gasteiger partial charge on any atom is -0.392 e. The van der Waals surface area contributed by atoms with Gasteiger partial charge in [-0.2, -0.15) is 0 Å². The molecule has 2 N–H and O–H groups in total. The molecule has 0 fully saturated rings. The topological polar surface area (TPSA) is 49.3 Å². The van der Waals surface area contributed by atoms with Gasteiger partial charge < -0.3 is 10.4 Å². The van der Waals surface area contributed by atoms with E-state index in [1.807, 2.05) is 19.1 Å². The number of rotatable bonds is 4. The summed E-state index contributed by atoms with van der Waals surface area (Å²) < 4.78 is 0. The van der Waals surface area contributed by atoms with Crippen LogP contribution in [0.4, 0.5) is 5.69 Å². The van der Waals surface area contributed by atoms with Crippen molar-refractivity contribution in [3.63, 3.8) is 0 Å². The van der Waals surface area contributed by atoms with Crippen LogP contribution in [0, 0.1) is 0 Å². The van der Waals surface area contributed by atoms with Crippen LogP contribution in [0.2, 0.25) is 0 Å². The van der Waals surface area contributed by atoms with Crippen LogP contribution < -0.4 is 5.32 Å². The van der Waals surface area contributed by atoms with Crippen LogP contribution in [-0.4, -0.2) is 11.0 Å². The second-order valence-corrected chi connectivity index (χ2v) is 3.61. The molecule has 0 unspecified atom stereocenters. The molecule has 0 aliphatic rings. The van der Waals surface area contributed by atoms with Gasteiger partial charge in [0.1, 0.15) is 0 Å². The van der Waals surface area contributed by atoms with E-state index in [0.717, 1.165) is 12.0 Å². The van der Waals surface area contributed by atoms with Gasteiger partial charge in [-0.3, -0.25) is 4.79 Å². The molecule has 0 radical (unpaired) electrons. The molecule has 0 spiro atoms. The Balaban J connectivity index is 2.73. The first-order valence-corrected chi connectivity index (χ1v) is 5.35. The summed E-state index contributed by atoms with van der Waals surface area (Å²) in [4.78, 5) is 11.7. The summed E-state index contributed by atoms with van der Waals surface area (Å²) in [7, 11) is 0. The Hall–Kier alpha value is -1.61. The third-order valence-electron chi connectivity index (χ3n) is 2.24. The summed E-state index contributed by atoms with van der Waals surface area (Å²) >= 11 is 0. The van der Waals surface area contributed by atoms with Crippen molar-refractivity contribution < 1.29 is 9.90 Å². The van der Waals surface area contributed by atoms with Crippen LogP contribution in [0.1, 0.15) is 25.8 Å². The third-order valence-corrected chi connectivity index (χ3v) is 2.24. The van der Waals surface area contributed by atoms with Crippen LogP contribution in [-0.2, 0) is 11.4 Å². The van der Waals surface area contributed by atoms with Gasteiger partial charge in [0.25, 0.3) is 5.91 Å². The summed E-state index contributed by atoms with van der Waals surface area (Å²) in [6, 6.07) is 7.18. The monoisotopic (exact) mass is 219 g/mol. The summed E-state index contributed by atoms with van der Waals surface area (Å²) in [5.74, 6) is -0.100.